The number of rotatable bonds is 6. The Balaban J connectivity index is 1.43. The molecule has 1 aliphatic heterocycles. The number of hydrogen-bond acceptors (Lipinski definition) is 5. The molecule has 4 N–H and O–H groups in total. The molecule has 0 spiro atoms. The number of aryl methyl sites for hydroxylation is 2. The number of nitrogens with zero attached hydrogens (tertiary/aromatic N) is 2. The van der Waals surface area contributed by atoms with Crippen LogP contribution in [-0.4, -0.2) is 33.5 Å². The van der Waals surface area contributed by atoms with Gasteiger partial charge < -0.3 is 25.5 Å². The van der Waals surface area contributed by atoms with E-state index in [1.54, 1.807) is 24.4 Å². The molecular weight excluding hydrogens is 511 g/mol. The summed E-state index contributed by atoms with van der Waals surface area (Å²) in [6, 6.07) is 9.09. The van der Waals surface area contributed by atoms with Crippen molar-refractivity contribution >= 4 is 62.6 Å². The third kappa shape index (κ3) is 4.97. The fraction of sp³-hybridized carbons (Fsp3) is 0.296. The average Bonchev–Trinajstić information content (AvgIpc) is 3.22. The minimum absolute atomic E-state index is 0.00441. The number of imidazole rings is 1. The lowest BCUT2D eigenvalue weighted by Gasteiger charge is -2.20. The monoisotopic (exact) mass is 538 g/mol. The lowest BCUT2D eigenvalue weighted by molar-refractivity contribution is -0.124. The normalized spacial score (nSPS) is 16.1. The van der Waals surface area contributed by atoms with E-state index in [-0.39, 0.29) is 17.4 Å². The molecule has 0 radical (unpaired) electrons. The van der Waals surface area contributed by atoms with Gasteiger partial charge in [0.1, 0.15) is 0 Å². The highest BCUT2D eigenvalue weighted by Crippen LogP contribution is 2.34. The molecule has 1 atom stereocenters. The van der Waals surface area contributed by atoms with Gasteiger partial charge in [-0.15, -0.1) is 0 Å². The van der Waals surface area contributed by atoms with Gasteiger partial charge in [0.25, 0.3) is 5.56 Å². The number of H-pyrrole nitrogens is 1. The zero-order chi connectivity index (χ0) is 26.1. The van der Waals surface area contributed by atoms with Gasteiger partial charge in [-0.3, -0.25) is 9.59 Å². The van der Waals surface area contributed by atoms with Crippen LogP contribution in [0.25, 0.3) is 21.8 Å². The number of fused-ring (bicyclic) bond motifs is 3. The van der Waals surface area contributed by atoms with E-state index in [0.29, 0.717) is 51.1 Å². The van der Waals surface area contributed by atoms with E-state index in [1.807, 2.05) is 36.7 Å². The smallest absolute Gasteiger partial charge is 0.258 e. The van der Waals surface area contributed by atoms with Gasteiger partial charge in [0.2, 0.25) is 11.9 Å². The lowest BCUT2D eigenvalue weighted by Crippen LogP contribution is -2.38. The molecule has 1 amide bonds. The van der Waals surface area contributed by atoms with Crippen molar-refractivity contribution in [2.75, 3.05) is 18.4 Å². The maximum atomic E-state index is 13.3. The van der Waals surface area contributed by atoms with Crippen molar-refractivity contribution in [3.05, 3.63) is 74.3 Å². The number of anilines is 2. The Morgan fingerprint density at radius 2 is 2.03 bits per heavy atom. The van der Waals surface area contributed by atoms with Crippen molar-refractivity contribution in [3.8, 4) is 0 Å². The second kappa shape index (κ2) is 10.6. The van der Waals surface area contributed by atoms with Gasteiger partial charge in [-0.2, -0.15) is 0 Å². The number of benzene rings is 2. The summed E-state index contributed by atoms with van der Waals surface area (Å²) in [6.07, 6.45) is 5.92. The van der Waals surface area contributed by atoms with E-state index < -0.39 is 0 Å². The molecule has 2 aromatic heterocycles. The number of nitrogens with one attached hydrogen (secondary N) is 4. The standard InChI is InChI=1S/C27H28Cl2N6O2/c1-15-17-10-11-21-24(35(2)27(33-21)34-23-18(28)7-3-8-19(23)29)22(17)26(37)32-20(15)9-5-13-31-25(36)16-6-4-12-30-14-16/h3,5,7-8,10-11,13,16,30H,4,6,9,12,14H2,1-2H3,(H,31,36)(H,32,37)(H,33,34)/b13-5+. The van der Waals surface area contributed by atoms with Gasteiger partial charge in [-0.25, -0.2) is 4.98 Å². The summed E-state index contributed by atoms with van der Waals surface area (Å²) in [5.41, 5.74) is 3.51. The molecule has 8 nitrogen and oxygen atoms in total. The van der Waals surface area contributed by atoms with Crippen LogP contribution in [0.5, 0.6) is 0 Å². The number of aromatic amines is 1. The number of hydrogen-bond donors (Lipinski definition) is 4. The fourth-order valence-electron chi connectivity index (χ4n) is 4.86. The van der Waals surface area contributed by atoms with Crippen molar-refractivity contribution in [1.29, 1.82) is 0 Å². The van der Waals surface area contributed by atoms with Gasteiger partial charge in [0.05, 0.1) is 38.1 Å². The Kier molecular flexibility index (Phi) is 7.24. The molecule has 3 heterocycles. The number of para-hydroxylation sites is 1. The zero-order valence-electron chi connectivity index (χ0n) is 20.6. The van der Waals surface area contributed by atoms with E-state index >= 15 is 0 Å². The first-order valence-corrected chi connectivity index (χ1v) is 13.0. The van der Waals surface area contributed by atoms with Crippen LogP contribution in [0.4, 0.5) is 11.6 Å². The van der Waals surface area contributed by atoms with Crippen molar-refractivity contribution in [2.24, 2.45) is 13.0 Å². The van der Waals surface area contributed by atoms with Crippen LogP contribution in [0.1, 0.15) is 24.1 Å². The van der Waals surface area contributed by atoms with Crippen molar-refractivity contribution < 1.29 is 4.79 Å². The molecule has 1 fully saturated rings. The van der Waals surface area contributed by atoms with E-state index in [9.17, 15) is 9.59 Å². The minimum atomic E-state index is -0.197. The highest BCUT2D eigenvalue weighted by atomic mass is 35.5. The highest BCUT2D eigenvalue weighted by molar-refractivity contribution is 6.39. The van der Waals surface area contributed by atoms with Crippen LogP contribution in [0.2, 0.25) is 10.0 Å². The maximum absolute atomic E-state index is 13.3. The van der Waals surface area contributed by atoms with E-state index in [0.717, 1.165) is 36.0 Å². The third-order valence-corrected chi connectivity index (χ3v) is 7.55. The summed E-state index contributed by atoms with van der Waals surface area (Å²) < 4.78 is 1.83. The van der Waals surface area contributed by atoms with Gasteiger partial charge >= 0.3 is 0 Å². The second-order valence-corrected chi connectivity index (χ2v) is 10.1. The Bertz CT molecular complexity index is 1560. The summed E-state index contributed by atoms with van der Waals surface area (Å²) >= 11 is 12.7. The number of piperidine rings is 1. The minimum Gasteiger partial charge on any atom is -0.333 e. The Hall–Kier alpha value is -3.33. The summed E-state index contributed by atoms with van der Waals surface area (Å²) in [4.78, 5) is 33.3. The molecule has 1 unspecified atom stereocenters. The molecule has 4 aromatic rings. The number of carbonyl (C=O) groups excluding carboxylic acids is 1. The molecule has 10 heteroatoms. The summed E-state index contributed by atoms with van der Waals surface area (Å²) in [6.45, 7) is 3.66. The SMILES string of the molecule is Cc1c(C/C=C/NC(=O)C2CCCNC2)[nH]c(=O)c2c1ccc1nc(Nc3c(Cl)cccc3Cl)n(C)c12. The first-order valence-electron chi connectivity index (χ1n) is 12.2. The first-order chi connectivity index (χ1) is 17.8. The highest BCUT2D eigenvalue weighted by Gasteiger charge is 2.20. The fourth-order valence-corrected chi connectivity index (χ4v) is 5.35. The van der Waals surface area contributed by atoms with Crippen LogP contribution in [0.3, 0.4) is 0 Å². The number of aromatic nitrogens is 3. The predicted octanol–water partition coefficient (Wildman–Crippen LogP) is 4.95. The number of halogens is 2. The quantitative estimate of drug-likeness (QED) is 0.278. The molecule has 37 heavy (non-hydrogen) atoms. The molecule has 192 valence electrons. The molecule has 0 saturated carbocycles. The molecule has 2 aromatic carbocycles. The van der Waals surface area contributed by atoms with Crippen LogP contribution in [0, 0.1) is 12.8 Å². The number of pyridine rings is 1. The van der Waals surface area contributed by atoms with Crippen LogP contribution in [-0.2, 0) is 18.3 Å². The second-order valence-electron chi connectivity index (χ2n) is 9.29. The topological polar surface area (TPSA) is 104 Å². The van der Waals surface area contributed by atoms with E-state index in [4.69, 9.17) is 23.2 Å². The van der Waals surface area contributed by atoms with Crippen LogP contribution >= 0.6 is 23.2 Å². The zero-order valence-corrected chi connectivity index (χ0v) is 22.1. The summed E-state index contributed by atoms with van der Waals surface area (Å²) in [7, 11) is 1.85. The molecule has 1 aliphatic rings. The van der Waals surface area contributed by atoms with E-state index in [1.165, 1.54) is 0 Å². The number of carbonyl (C=O) groups is 1. The molecular formula is C27H28Cl2N6O2. The third-order valence-electron chi connectivity index (χ3n) is 6.92. The predicted molar refractivity (Wildman–Crippen MR) is 150 cm³/mol. The Labute approximate surface area is 224 Å². The van der Waals surface area contributed by atoms with Crippen molar-refractivity contribution in [1.82, 2.24) is 25.2 Å². The average molecular weight is 539 g/mol. The first kappa shape index (κ1) is 25.3. The van der Waals surface area contributed by atoms with Gasteiger partial charge in [-0.1, -0.05) is 41.4 Å². The van der Waals surface area contributed by atoms with E-state index in [2.05, 4.69) is 25.9 Å². The largest absolute Gasteiger partial charge is 0.333 e. The van der Waals surface area contributed by atoms with Crippen LogP contribution in [0.15, 0.2) is 47.4 Å². The number of allylic oxidation sites excluding steroid dienone is 1. The van der Waals surface area contributed by atoms with Gasteiger partial charge in [-0.05, 0) is 55.5 Å². The lowest BCUT2D eigenvalue weighted by atomic mass is 9.99. The van der Waals surface area contributed by atoms with Gasteiger partial charge in [0.15, 0.2) is 0 Å². The van der Waals surface area contributed by atoms with Crippen molar-refractivity contribution in [2.45, 2.75) is 26.2 Å². The van der Waals surface area contributed by atoms with Crippen LogP contribution < -0.4 is 21.5 Å². The summed E-state index contributed by atoms with van der Waals surface area (Å²) in [5, 5.41) is 11.7. The Morgan fingerprint density at radius 3 is 2.76 bits per heavy atom. The summed E-state index contributed by atoms with van der Waals surface area (Å²) in [5.74, 6) is 0.536. The van der Waals surface area contributed by atoms with Crippen molar-refractivity contribution in [3.63, 3.8) is 0 Å². The van der Waals surface area contributed by atoms with Gasteiger partial charge in [0, 0.05) is 31.9 Å². The molecule has 0 bridgehead atoms. The molecule has 1 saturated heterocycles. The Morgan fingerprint density at radius 1 is 1.24 bits per heavy atom. The maximum Gasteiger partial charge on any atom is 0.258 e. The molecule has 5 rings (SSSR count). The molecule has 0 aliphatic carbocycles. The number of amides is 1.